The van der Waals surface area contributed by atoms with Gasteiger partial charge in [-0.2, -0.15) is 5.10 Å². The summed E-state index contributed by atoms with van der Waals surface area (Å²) in [6.45, 7) is 0. The summed E-state index contributed by atoms with van der Waals surface area (Å²) in [6.07, 6.45) is 0. The Kier molecular flexibility index (Phi) is 5.81. The largest absolute Gasteiger partial charge is 0.497 e. The summed E-state index contributed by atoms with van der Waals surface area (Å²) in [4.78, 5) is 12.4. The van der Waals surface area contributed by atoms with Crippen molar-refractivity contribution in [3.63, 3.8) is 0 Å². The van der Waals surface area contributed by atoms with Crippen molar-refractivity contribution in [1.29, 1.82) is 0 Å². The molecule has 0 atom stereocenters. The average Bonchev–Trinajstić information content (AvgIpc) is 2.70. The maximum atomic E-state index is 12.4. The van der Waals surface area contributed by atoms with Crippen LogP contribution in [0.3, 0.4) is 0 Å². The van der Waals surface area contributed by atoms with Gasteiger partial charge in [0, 0.05) is 21.2 Å². The Bertz CT molecular complexity index is 922. The molecule has 0 spiro atoms. The first-order valence-electron chi connectivity index (χ1n) is 8.01. The van der Waals surface area contributed by atoms with Crippen molar-refractivity contribution in [2.45, 2.75) is 0 Å². The van der Waals surface area contributed by atoms with Crippen molar-refractivity contribution in [3.05, 3.63) is 100 Å². The highest BCUT2D eigenvalue weighted by atomic mass is 79.9. The van der Waals surface area contributed by atoms with E-state index >= 15 is 0 Å². The molecule has 0 bridgehead atoms. The van der Waals surface area contributed by atoms with Crippen molar-refractivity contribution in [1.82, 2.24) is 5.43 Å². The number of rotatable bonds is 5. The molecule has 0 saturated heterocycles. The van der Waals surface area contributed by atoms with Crippen LogP contribution in [0.25, 0.3) is 0 Å². The van der Waals surface area contributed by atoms with Gasteiger partial charge in [-0.3, -0.25) is 4.79 Å². The SMILES string of the molecule is COc1ccc(C(=O)NN=C(c2ccccc2)c2ccccc2Br)cc1. The summed E-state index contributed by atoms with van der Waals surface area (Å²) in [6, 6.07) is 24.4. The van der Waals surface area contributed by atoms with Crippen molar-refractivity contribution in [3.8, 4) is 5.75 Å². The molecule has 5 heteroatoms. The highest BCUT2D eigenvalue weighted by Crippen LogP contribution is 2.20. The van der Waals surface area contributed by atoms with Gasteiger partial charge in [-0.1, -0.05) is 64.5 Å². The summed E-state index contributed by atoms with van der Waals surface area (Å²) < 4.78 is 6.02. The number of amides is 1. The van der Waals surface area contributed by atoms with Crippen LogP contribution in [0.15, 0.2) is 88.4 Å². The highest BCUT2D eigenvalue weighted by Gasteiger charge is 2.12. The molecule has 3 rings (SSSR count). The topological polar surface area (TPSA) is 50.7 Å². The molecule has 0 radical (unpaired) electrons. The molecule has 0 unspecified atom stereocenters. The monoisotopic (exact) mass is 408 g/mol. The number of hydrazone groups is 1. The van der Waals surface area contributed by atoms with Gasteiger partial charge in [-0.15, -0.1) is 0 Å². The van der Waals surface area contributed by atoms with Crippen LogP contribution in [0.1, 0.15) is 21.5 Å². The number of nitrogens with zero attached hydrogens (tertiary/aromatic N) is 1. The summed E-state index contributed by atoms with van der Waals surface area (Å²) in [5, 5.41) is 4.40. The molecule has 130 valence electrons. The van der Waals surface area contributed by atoms with Crippen LogP contribution in [-0.4, -0.2) is 18.7 Å². The Hall–Kier alpha value is -2.92. The number of carbonyl (C=O) groups is 1. The van der Waals surface area contributed by atoms with Gasteiger partial charge in [-0.25, -0.2) is 5.43 Å². The predicted molar refractivity (Wildman–Crippen MR) is 107 cm³/mol. The third-order valence-corrected chi connectivity index (χ3v) is 4.49. The van der Waals surface area contributed by atoms with Gasteiger partial charge >= 0.3 is 0 Å². The molecular weight excluding hydrogens is 392 g/mol. The fourth-order valence-electron chi connectivity index (χ4n) is 2.44. The van der Waals surface area contributed by atoms with E-state index in [-0.39, 0.29) is 5.91 Å². The number of hydrogen-bond donors (Lipinski definition) is 1. The standard InChI is InChI=1S/C21H17BrN2O2/c1-26-17-13-11-16(12-14-17)21(25)24-23-20(15-7-3-2-4-8-15)18-9-5-6-10-19(18)22/h2-14H,1H3,(H,24,25). The fourth-order valence-corrected chi connectivity index (χ4v) is 2.92. The number of methoxy groups -OCH3 is 1. The number of hydrogen-bond acceptors (Lipinski definition) is 3. The minimum atomic E-state index is -0.284. The van der Waals surface area contributed by atoms with E-state index in [0.29, 0.717) is 17.0 Å². The van der Waals surface area contributed by atoms with Gasteiger partial charge in [-0.05, 0) is 30.3 Å². The average molecular weight is 409 g/mol. The van der Waals surface area contributed by atoms with E-state index in [4.69, 9.17) is 4.74 Å². The molecule has 0 aromatic heterocycles. The minimum Gasteiger partial charge on any atom is -0.497 e. The Labute approximate surface area is 160 Å². The highest BCUT2D eigenvalue weighted by molar-refractivity contribution is 9.10. The number of halogens is 1. The molecule has 0 aliphatic rings. The number of carbonyl (C=O) groups excluding carboxylic acids is 1. The van der Waals surface area contributed by atoms with Crippen LogP contribution in [0.5, 0.6) is 5.75 Å². The Morgan fingerprint density at radius 3 is 2.19 bits per heavy atom. The Balaban J connectivity index is 1.91. The van der Waals surface area contributed by atoms with Gasteiger partial charge in [0.25, 0.3) is 5.91 Å². The maximum Gasteiger partial charge on any atom is 0.271 e. The lowest BCUT2D eigenvalue weighted by molar-refractivity contribution is 0.0955. The second kappa shape index (κ2) is 8.45. The molecule has 1 amide bonds. The van der Waals surface area contributed by atoms with E-state index in [1.54, 1.807) is 31.4 Å². The maximum absolute atomic E-state index is 12.4. The molecule has 0 fully saturated rings. The number of nitrogens with one attached hydrogen (secondary N) is 1. The zero-order valence-corrected chi connectivity index (χ0v) is 15.7. The third-order valence-electron chi connectivity index (χ3n) is 3.80. The van der Waals surface area contributed by atoms with Crippen LogP contribution < -0.4 is 10.2 Å². The minimum absolute atomic E-state index is 0.284. The molecule has 0 heterocycles. The molecule has 3 aromatic carbocycles. The van der Waals surface area contributed by atoms with Gasteiger partial charge < -0.3 is 4.74 Å². The van der Waals surface area contributed by atoms with Crippen LogP contribution in [0, 0.1) is 0 Å². The van der Waals surface area contributed by atoms with Crippen molar-refractivity contribution >= 4 is 27.5 Å². The van der Waals surface area contributed by atoms with Gasteiger partial charge in [0.2, 0.25) is 0 Å². The van der Waals surface area contributed by atoms with Crippen molar-refractivity contribution < 1.29 is 9.53 Å². The fraction of sp³-hybridized carbons (Fsp3) is 0.0476. The van der Waals surface area contributed by atoms with Crippen molar-refractivity contribution in [2.75, 3.05) is 7.11 Å². The third kappa shape index (κ3) is 4.18. The smallest absolute Gasteiger partial charge is 0.271 e. The van der Waals surface area contributed by atoms with E-state index in [9.17, 15) is 4.79 Å². The molecule has 0 aliphatic carbocycles. The van der Waals surface area contributed by atoms with E-state index in [0.717, 1.165) is 15.6 Å². The Morgan fingerprint density at radius 1 is 0.885 bits per heavy atom. The first-order valence-corrected chi connectivity index (χ1v) is 8.81. The summed E-state index contributed by atoms with van der Waals surface area (Å²) in [5.74, 6) is 0.413. The van der Waals surface area contributed by atoms with Gasteiger partial charge in [0.1, 0.15) is 5.75 Å². The van der Waals surface area contributed by atoms with Crippen LogP contribution in [0.4, 0.5) is 0 Å². The van der Waals surface area contributed by atoms with E-state index < -0.39 is 0 Å². The lowest BCUT2D eigenvalue weighted by Crippen LogP contribution is -2.20. The van der Waals surface area contributed by atoms with E-state index in [1.165, 1.54) is 0 Å². The van der Waals surface area contributed by atoms with Crippen LogP contribution in [0.2, 0.25) is 0 Å². The van der Waals surface area contributed by atoms with Gasteiger partial charge in [0.15, 0.2) is 0 Å². The normalized spacial score (nSPS) is 11.1. The molecule has 26 heavy (non-hydrogen) atoms. The van der Waals surface area contributed by atoms with Crippen molar-refractivity contribution in [2.24, 2.45) is 5.10 Å². The predicted octanol–water partition coefficient (Wildman–Crippen LogP) is 4.64. The second-order valence-electron chi connectivity index (χ2n) is 5.48. The molecular formula is C21H17BrN2O2. The zero-order valence-electron chi connectivity index (χ0n) is 14.1. The lowest BCUT2D eigenvalue weighted by Gasteiger charge is -2.10. The van der Waals surface area contributed by atoms with Crippen LogP contribution in [-0.2, 0) is 0 Å². The first kappa shape index (κ1) is 17.9. The first-order chi connectivity index (χ1) is 12.7. The summed E-state index contributed by atoms with van der Waals surface area (Å²) in [7, 11) is 1.59. The zero-order chi connectivity index (χ0) is 18.4. The van der Waals surface area contributed by atoms with E-state index in [2.05, 4.69) is 26.5 Å². The summed E-state index contributed by atoms with van der Waals surface area (Å²) in [5.41, 5.74) is 5.65. The van der Waals surface area contributed by atoms with Gasteiger partial charge in [0.05, 0.1) is 12.8 Å². The van der Waals surface area contributed by atoms with E-state index in [1.807, 2.05) is 54.6 Å². The number of ether oxygens (including phenoxy) is 1. The quantitative estimate of drug-likeness (QED) is 0.493. The van der Waals surface area contributed by atoms with Crippen LogP contribution >= 0.6 is 15.9 Å². The molecule has 0 saturated carbocycles. The molecule has 4 nitrogen and oxygen atoms in total. The Morgan fingerprint density at radius 2 is 1.54 bits per heavy atom. The second-order valence-corrected chi connectivity index (χ2v) is 6.33. The summed E-state index contributed by atoms with van der Waals surface area (Å²) >= 11 is 3.55. The molecule has 0 aliphatic heterocycles. The lowest BCUT2D eigenvalue weighted by atomic mass is 10.0. The molecule has 3 aromatic rings. The molecule has 1 N–H and O–H groups in total. The number of benzene rings is 3.